The molecule has 0 N–H and O–H groups in total. The van der Waals surface area contributed by atoms with Crippen LogP contribution in [0.15, 0.2) is 40.9 Å². The highest BCUT2D eigenvalue weighted by Gasteiger charge is 2.08. The molecule has 0 saturated heterocycles. The second-order valence-electron chi connectivity index (χ2n) is 3.43. The molecule has 0 radical (unpaired) electrons. The van der Waals surface area contributed by atoms with Gasteiger partial charge in [-0.2, -0.15) is 5.26 Å². The van der Waals surface area contributed by atoms with Crippen LogP contribution in [0.5, 0.6) is 11.5 Å². The second-order valence-corrected chi connectivity index (χ2v) is 4.70. The quantitative estimate of drug-likeness (QED) is 0.786. The van der Waals surface area contributed by atoms with Crippen molar-refractivity contribution in [1.29, 1.82) is 5.26 Å². The summed E-state index contributed by atoms with van der Waals surface area (Å²) < 4.78 is 19.2. The minimum absolute atomic E-state index is 0.296. The van der Waals surface area contributed by atoms with Gasteiger partial charge in [-0.1, -0.05) is 11.6 Å². The molecule has 0 heterocycles. The standard InChI is InChI=1S/C13H6BrClFNO/c14-10-3-2-9(16)6-13(10)18-12-4-1-8(7-17)5-11(12)15/h1-6H. The van der Waals surface area contributed by atoms with Crippen molar-refractivity contribution in [3.63, 3.8) is 0 Å². The molecule has 0 aliphatic carbocycles. The van der Waals surface area contributed by atoms with E-state index >= 15 is 0 Å². The van der Waals surface area contributed by atoms with Gasteiger partial charge in [0.25, 0.3) is 0 Å². The lowest BCUT2D eigenvalue weighted by Crippen LogP contribution is -1.88. The van der Waals surface area contributed by atoms with Gasteiger partial charge in [-0.3, -0.25) is 0 Å². The van der Waals surface area contributed by atoms with Crippen LogP contribution in [0.4, 0.5) is 4.39 Å². The summed E-state index contributed by atoms with van der Waals surface area (Å²) in [6, 6.07) is 10.7. The molecule has 2 nitrogen and oxygen atoms in total. The van der Waals surface area contributed by atoms with Gasteiger partial charge >= 0.3 is 0 Å². The predicted octanol–water partition coefficient (Wildman–Crippen LogP) is 4.91. The van der Waals surface area contributed by atoms with Crippen molar-refractivity contribution < 1.29 is 9.13 Å². The van der Waals surface area contributed by atoms with Gasteiger partial charge in [0.05, 0.1) is 21.1 Å². The minimum Gasteiger partial charge on any atom is -0.455 e. The predicted molar refractivity (Wildman–Crippen MR) is 70.3 cm³/mol. The van der Waals surface area contributed by atoms with Gasteiger partial charge in [-0.05, 0) is 46.3 Å². The van der Waals surface area contributed by atoms with E-state index in [0.29, 0.717) is 26.6 Å². The number of hydrogen-bond donors (Lipinski definition) is 0. The number of nitrogens with zero attached hydrogens (tertiary/aromatic N) is 1. The lowest BCUT2D eigenvalue weighted by molar-refractivity contribution is 0.474. The molecule has 18 heavy (non-hydrogen) atoms. The first-order valence-electron chi connectivity index (χ1n) is 4.92. The molecule has 90 valence electrons. The minimum atomic E-state index is -0.405. The summed E-state index contributed by atoms with van der Waals surface area (Å²) in [7, 11) is 0. The van der Waals surface area contributed by atoms with Gasteiger partial charge in [0.1, 0.15) is 17.3 Å². The number of nitriles is 1. The third kappa shape index (κ3) is 2.81. The van der Waals surface area contributed by atoms with Crippen LogP contribution < -0.4 is 4.74 Å². The number of hydrogen-bond acceptors (Lipinski definition) is 2. The summed E-state index contributed by atoms with van der Waals surface area (Å²) >= 11 is 9.22. The summed E-state index contributed by atoms with van der Waals surface area (Å²) in [6.45, 7) is 0. The Hall–Kier alpha value is -1.57. The molecule has 5 heteroatoms. The summed E-state index contributed by atoms with van der Waals surface area (Å²) in [5.41, 5.74) is 0.436. The summed E-state index contributed by atoms with van der Waals surface area (Å²) in [5.74, 6) is 0.279. The topological polar surface area (TPSA) is 33.0 Å². The highest BCUT2D eigenvalue weighted by Crippen LogP contribution is 2.34. The van der Waals surface area contributed by atoms with Gasteiger partial charge < -0.3 is 4.74 Å². The monoisotopic (exact) mass is 325 g/mol. The van der Waals surface area contributed by atoms with Crippen molar-refractivity contribution in [3.05, 3.63) is 57.3 Å². The molecule has 0 aliphatic heterocycles. The number of rotatable bonds is 2. The fourth-order valence-corrected chi connectivity index (χ4v) is 1.87. The van der Waals surface area contributed by atoms with Crippen LogP contribution >= 0.6 is 27.5 Å². The molecule has 0 amide bonds. The van der Waals surface area contributed by atoms with Crippen molar-refractivity contribution >= 4 is 27.5 Å². The van der Waals surface area contributed by atoms with Crippen LogP contribution in [0.25, 0.3) is 0 Å². The summed E-state index contributed by atoms with van der Waals surface area (Å²) in [6.07, 6.45) is 0. The van der Waals surface area contributed by atoms with Crippen LogP contribution in [-0.4, -0.2) is 0 Å². The van der Waals surface area contributed by atoms with E-state index in [1.165, 1.54) is 18.2 Å². The Labute approximate surface area is 117 Å². The first-order chi connectivity index (χ1) is 8.60. The van der Waals surface area contributed by atoms with Crippen molar-refractivity contribution in [2.24, 2.45) is 0 Å². The van der Waals surface area contributed by atoms with E-state index in [4.69, 9.17) is 21.6 Å². The molecule has 0 aliphatic rings. The average molecular weight is 327 g/mol. The highest BCUT2D eigenvalue weighted by molar-refractivity contribution is 9.10. The fraction of sp³-hybridized carbons (Fsp3) is 0. The molecular weight excluding hydrogens is 321 g/mol. The van der Waals surface area contributed by atoms with Crippen molar-refractivity contribution in [2.45, 2.75) is 0 Å². The molecular formula is C13H6BrClFNO. The Morgan fingerprint density at radius 1 is 1.17 bits per heavy atom. The van der Waals surface area contributed by atoms with Crippen LogP contribution in [0.2, 0.25) is 5.02 Å². The van der Waals surface area contributed by atoms with Crippen LogP contribution in [0, 0.1) is 17.1 Å². The number of halogens is 3. The van der Waals surface area contributed by atoms with Crippen molar-refractivity contribution in [1.82, 2.24) is 0 Å². The van der Waals surface area contributed by atoms with E-state index in [-0.39, 0.29) is 0 Å². The molecule has 0 bridgehead atoms. The molecule has 2 aromatic rings. The molecule has 0 saturated carbocycles. The molecule has 0 aromatic heterocycles. The maximum Gasteiger partial charge on any atom is 0.146 e. The van der Waals surface area contributed by atoms with Crippen molar-refractivity contribution in [2.75, 3.05) is 0 Å². The molecule has 0 unspecified atom stereocenters. The smallest absolute Gasteiger partial charge is 0.146 e. The Bertz CT molecular complexity index is 639. The van der Waals surface area contributed by atoms with Gasteiger partial charge in [-0.25, -0.2) is 4.39 Å². The Morgan fingerprint density at radius 2 is 1.94 bits per heavy atom. The fourth-order valence-electron chi connectivity index (χ4n) is 1.33. The first-order valence-corrected chi connectivity index (χ1v) is 6.10. The second kappa shape index (κ2) is 5.38. The van der Waals surface area contributed by atoms with E-state index in [9.17, 15) is 4.39 Å². The first kappa shape index (κ1) is 12.9. The summed E-state index contributed by atoms with van der Waals surface area (Å²) in [5, 5.41) is 9.01. The number of ether oxygens (including phenoxy) is 1. The zero-order chi connectivity index (χ0) is 13.1. The maximum absolute atomic E-state index is 13.1. The van der Waals surface area contributed by atoms with E-state index in [0.717, 1.165) is 0 Å². The maximum atomic E-state index is 13.1. The zero-order valence-corrected chi connectivity index (χ0v) is 11.3. The molecule has 2 aromatic carbocycles. The SMILES string of the molecule is N#Cc1ccc(Oc2cc(F)ccc2Br)c(Cl)c1. The highest BCUT2D eigenvalue weighted by atomic mass is 79.9. The van der Waals surface area contributed by atoms with E-state index in [2.05, 4.69) is 15.9 Å². The van der Waals surface area contributed by atoms with E-state index < -0.39 is 5.82 Å². The van der Waals surface area contributed by atoms with Crippen LogP contribution in [-0.2, 0) is 0 Å². The van der Waals surface area contributed by atoms with Gasteiger partial charge in [-0.15, -0.1) is 0 Å². The van der Waals surface area contributed by atoms with Crippen LogP contribution in [0.3, 0.4) is 0 Å². The molecule has 0 spiro atoms. The van der Waals surface area contributed by atoms with Crippen LogP contribution in [0.1, 0.15) is 5.56 Å². The van der Waals surface area contributed by atoms with E-state index in [1.54, 1.807) is 18.2 Å². The largest absolute Gasteiger partial charge is 0.455 e. The Balaban J connectivity index is 2.34. The molecule has 0 fully saturated rings. The van der Waals surface area contributed by atoms with E-state index in [1.807, 2.05) is 6.07 Å². The third-order valence-electron chi connectivity index (χ3n) is 2.17. The Morgan fingerprint density at radius 3 is 2.61 bits per heavy atom. The normalized spacial score (nSPS) is 9.89. The molecule has 0 atom stereocenters. The van der Waals surface area contributed by atoms with Crippen molar-refractivity contribution in [3.8, 4) is 17.6 Å². The lowest BCUT2D eigenvalue weighted by Gasteiger charge is -2.09. The third-order valence-corrected chi connectivity index (χ3v) is 3.12. The lowest BCUT2D eigenvalue weighted by atomic mass is 10.2. The number of benzene rings is 2. The van der Waals surface area contributed by atoms with Gasteiger partial charge in [0.15, 0.2) is 0 Å². The molecule has 2 rings (SSSR count). The average Bonchev–Trinajstić information content (AvgIpc) is 2.36. The van der Waals surface area contributed by atoms with Gasteiger partial charge in [0.2, 0.25) is 0 Å². The zero-order valence-electron chi connectivity index (χ0n) is 8.95. The Kier molecular flexibility index (Phi) is 3.85. The summed E-state index contributed by atoms with van der Waals surface area (Å²) in [4.78, 5) is 0. The van der Waals surface area contributed by atoms with Gasteiger partial charge in [0, 0.05) is 6.07 Å².